The molecule has 2 rings (SSSR count). The van der Waals surface area contributed by atoms with Gasteiger partial charge in [-0.2, -0.15) is 11.8 Å². The van der Waals surface area contributed by atoms with Gasteiger partial charge in [-0.1, -0.05) is 12.8 Å². The van der Waals surface area contributed by atoms with Crippen molar-refractivity contribution < 1.29 is 0 Å². The Hall–Kier alpha value is 0.260. The summed E-state index contributed by atoms with van der Waals surface area (Å²) in [5.41, 5.74) is 0. The molecule has 1 saturated carbocycles. The van der Waals surface area contributed by atoms with Crippen molar-refractivity contribution >= 4 is 44.2 Å². The number of nitrogens with one attached hydrogen (secondary N) is 1. The lowest BCUT2D eigenvalue weighted by atomic mass is 9.95. The van der Waals surface area contributed by atoms with Crippen LogP contribution in [0.1, 0.15) is 25.7 Å². The van der Waals surface area contributed by atoms with Gasteiger partial charge in [0.2, 0.25) is 0 Å². The molecule has 1 aliphatic carbocycles. The lowest BCUT2D eigenvalue weighted by molar-refractivity contribution is 0.475. The Morgan fingerprint density at radius 2 is 2.33 bits per heavy atom. The Morgan fingerprint density at radius 3 is 3.00 bits per heavy atom. The van der Waals surface area contributed by atoms with E-state index < -0.39 is 0 Å². The highest BCUT2D eigenvalue weighted by atomic mass is 79.9. The molecule has 1 aromatic heterocycles. The standard InChI is InChI=1S/C10H15BrN2S2/c1-14-8-5-3-2-4-7(8)12-10-13-9(11)6-15-10/h6-8H,2-5H2,1H3,(H,12,13). The molecule has 1 aliphatic rings. The Morgan fingerprint density at radius 1 is 1.53 bits per heavy atom. The maximum absolute atomic E-state index is 4.39. The molecule has 2 atom stereocenters. The minimum atomic E-state index is 0.604. The van der Waals surface area contributed by atoms with Gasteiger partial charge in [0.05, 0.1) is 0 Å². The van der Waals surface area contributed by atoms with Crippen LogP contribution in [0.25, 0.3) is 0 Å². The highest BCUT2D eigenvalue weighted by molar-refractivity contribution is 9.10. The van der Waals surface area contributed by atoms with Crippen molar-refractivity contribution in [2.24, 2.45) is 0 Å². The van der Waals surface area contributed by atoms with Gasteiger partial charge in [-0.15, -0.1) is 11.3 Å². The maximum Gasteiger partial charge on any atom is 0.183 e. The summed E-state index contributed by atoms with van der Waals surface area (Å²) >= 11 is 7.04. The van der Waals surface area contributed by atoms with Crippen LogP contribution in [-0.2, 0) is 0 Å². The molecular weight excluding hydrogens is 292 g/mol. The number of halogens is 1. The number of anilines is 1. The summed E-state index contributed by atoms with van der Waals surface area (Å²) in [5, 5.41) is 7.39. The van der Waals surface area contributed by atoms with E-state index in [9.17, 15) is 0 Å². The molecule has 1 N–H and O–H groups in total. The molecular formula is C10H15BrN2S2. The van der Waals surface area contributed by atoms with E-state index >= 15 is 0 Å². The quantitative estimate of drug-likeness (QED) is 0.914. The predicted molar refractivity (Wildman–Crippen MR) is 73.0 cm³/mol. The monoisotopic (exact) mass is 306 g/mol. The molecule has 0 spiro atoms. The van der Waals surface area contributed by atoms with Crippen LogP contribution in [0.15, 0.2) is 9.98 Å². The summed E-state index contributed by atoms with van der Waals surface area (Å²) < 4.78 is 0.937. The van der Waals surface area contributed by atoms with Crippen molar-refractivity contribution in [3.8, 4) is 0 Å². The predicted octanol–water partition coefficient (Wildman–Crippen LogP) is 3.99. The number of rotatable bonds is 3. The van der Waals surface area contributed by atoms with E-state index in [4.69, 9.17) is 0 Å². The first-order valence-electron chi connectivity index (χ1n) is 5.20. The van der Waals surface area contributed by atoms with Crippen molar-refractivity contribution in [3.05, 3.63) is 9.98 Å². The third kappa shape index (κ3) is 3.11. The molecule has 1 aromatic rings. The minimum absolute atomic E-state index is 0.604. The van der Waals surface area contributed by atoms with Gasteiger partial charge in [0.1, 0.15) is 4.60 Å². The van der Waals surface area contributed by atoms with Crippen LogP contribution in [0, 0.1) is 0 Å². The van der Waals surface area contributed by atoms with Crippen molar-refractivity contribution in [2.45, 2.75) is 37.0 Å². The van der Waals surface area contributed by atoms with Gasteiger partial charge in [-0.05, 0) is 35.0 Å². The molecule has 0 aromatic carbocycles. The summed E-state index contributed by atoms with van der Waals surface area (Å²) in [6.07, 6.45) is 7.56. The summed E-state index contributed by atoms with van der Waals surface area (Å²) in [7, 11) is 0. The minimum Gasteiger partial charge on any atom is -0.358 e. The van der Waals surface area contributed by atoms with E-state index in [1.54, 1.807) is 11.3 Å². The van der Waals surface area contributed by atoms with Crippen LogP contribution >= 0.6 is 39.0 Å². The number of hydrogen-bond acceptors (Lipinski definition) is 4. The molecule has 2 unspecified atom stereocenters. The third-order valence-corrected chi connectivity index (χ3v) is 5.44. The highest BCUT2D eigenvalue weighted by Crippen LogP contribution is 2.30. The molecule has 1 fully saturated rings. The Kier molecular flexibility index (Phi) is 4.34. The lowest BCUT2D eigenvalue weighted by Gasteiger charge is -2.30. The maximum atomic E-state index is 4.39. The fraction of sp³-hybridized carbons (Fsp3) is 0.700. The Balaban J connectivity index is 1.97. The first-order chi connectivity index (χ1) is 7.29. The molecule has 0 aliphatic heterocycles. The SMILES string of the molecule is CSC1CCCCC1Nc1nc(Br)cs1. The molecule has 15 heavy (non-hydrogen) atoms. The number of thiazole rings is 1. The van der Waals surface area contributed by atoms with Crippen LogP contribution in [0.4, 0.5) is 5.13 Å². The second kappa shape index (κ2) is 5.55. The molecule has 84 valence electrons. The van der Waals surface area contributed by atoms with Gasteiger partial charge in [-0.25, -0.2) is 4.98 Å². The van der Waals surface area contributed by atoms with Crippen molar-refractivity contribution in [1.29, 1.82) is 0 Å². The van der Waals surface area contributed by atoms with E-state index in [-0.39, 0.29) is 0 Å². The first kappa shape index (κ1) is 11.7. The van der Waals surface area contributed by atoms with Gasteiger partial charge in [0.25, 0.3) is 0 Å². The number of aromatic nitrogens is 1. The van der Waals surface area contributed by atoms with Crippen LogP contribution in [0.3, 0.4) is 0 Å². The molecule has 0 radical (unpaired) electrons. The first-order valence-corrected chi connectivity index (χ1v) is 8.16. The zero-order chi connectivity index (χ0) is 10.7. The Bertz CT molecular complexity index is 316. The second-order valence-electron chi connectivity index (χ2n) is 3.78. The van der Waals surface area contributed by atoms with E-state index in [2.05, 4.69) is 32.5 Å². The molecule has 0 amide bonds. The van der Waals surface area contributed by atoms with Crippen LogP contribution in [0.5, 0.6) is 0 Å². The van der Waals surface area contributed by atoms with Crippen LogP contribution in [0.2, 0.25) is 0 Å². The molecule has 5 heteroatoms. The van der Waals surface area contributed by atoms with Crippen molar-refractivity contribution in [1.82, 2.24) is 4.98 Å². The largest absolute Gasteiger partial charge is 0.358 e. The van der Waals surface area contributed by atoms with Crippen molar-refractivity contribution in [3.63, 3.8) is 0 Å². The van der Waals surface area contributed by atoms with Gasteiger partial charge >= 0.3 is 0 Å². The van der Waals surface area contributed by atoms with E-state index in [1.807, 2.05) is 17.1 Å². The average Bonchev–Trinajstić information content (AvgIpc) is 2.65. The van der Waals surface area contributed by atoms with E-state index in [1.165, 1.54) is 25.7 Å². The molecule has 2 nitrogen and oxygen atoms in total. The highest BCUT2D eigenvalue weighted by Gasteiger charge is 2.24. The fourth-order valence-corrected chi connectivity index (χ4v) is 4.17. The summed E-state index contributed by atoms with van der Waals surface area (Å²) in [6.45, 7) is 0. The van der Waals surface area contributed by atoms with Gasteiger partial charge < -0.3 is 5.32 Å². The normalized spacial score (nSPS) is 26.5. The number of hydrogen-bond donors (Lipinski definition) is 1. The van der Waals surface area contributed by atoms with Gasteiger partial charge in [0, 0.05) is 16.7 Å². The Labute approximate surface area is 107 Å². The van der Waals surface area contributed by atoms with Crippen molar-refractivity contribution in [2.75, 3.05) is 11.6 Å². The summed E-state index contributed by atoms with van der Waals surface area (Å²) in [5.74, 6) is 0. The molecule has 1 heterocycles. The molecule has 0 bridgehead atoms. The fourth-order valence-electron chi connectivity index (χ4n) is 2.02. The lowest BCUT2D eigenvalue weighted by Crippen LogP contribution is -2.34. The van der Waals surface area contributed by atoms with Crippen LogP contribution in [-0.4, -0.2) is 22.5 Å². The zero-order valence-corrected chi connectivity index (χ0v) is 11.9. The zero-order valence-electron chi connectivity index (χ0n) is 8.70. The summed E-state index contributed by atoms with van der Waals surface area (Å²) in [6, 6.07) is 0.604. The van der Waals surface area contributed by atoms with Gasteiger partial charge in [0.15, 0.2) is 5.13 Å². The average molecular weight is 307 g/mol. The number of nitrogens with zero attached hydrogens (tertiary/aromatic N) is 1. The molecule has 0 saturated heterocycles. The van der Waals surface area contributed by atoms with Gasteiger partial charge in [-0.3, -0.25) is 0 Å². The topological polar surface area (TPSA) is 24.9 Å². The third-order valence-electron chi connectivity index (χ3n) is 2.79. The van der Waals surface area contributed by atoms with E-state index in [0.29, 0.717) is 6.04 Å². The second-order valence-corrected chi connectivity index (χ2v) is 6.53. The summed E-state index contributed by atoms with van der Waals surface area (Å²) in [4.78, 5) is 4.39. The van der Waals surface area contributed by atoms with Crippen LogP contribution < -0.4 is 5.32 Å². The number of thioether (sulfide) groups is 1. The van der Waals surface area contributed by atoms with E-state index in [0.717, 1.165) is 15.0 Å². The smallest absolute Gasteiger partial charge is 0.183 e.